The molecular weight excluding hydrogens is 304 g/mol. The summed E-state index contributed by atoms with van der Waals surface area (Å²) in [5.41, 5.74) is -0.481. The molecule has 1 amide bonds. The summed E-state index contributed by atoms with van der Waals surface area (Å²) in [5, 5.41) is 0.435. The van der Waals surface area contributed by atoms with Gasteiger partial charge in [-0.2, -0.15) is 0 Å². The molecule has 0 N–H and O–H groups in total. The molecule has 1 aromatic heterocycles. The van der Waals surface area contributed by atoms with Gasteiger partial charge in [0.25, 0.3) is 0 Å². The number of halogens is 1. The third kappa shape index (κ3) is 4.22. The van der Waals surface area contributed by atoms with Gasteiger partial charge in [0.2, 0.25) is 0 Å². The molecule has 1 aliphatic heterocycles. The van der Waals surface area contributed by atoms with Crippen LogP contribution in [0.25, 0.3) is 0 Å². The molecule has 1 saturated heterocycles. The summed E-state index contributed by atoms with van der Waals surface area (Å²) >= 11 is 6.00. The number of piperazine rings is 1. The van der Waals surface area contributed by atoms with E-state index in [1.165, 1.54) is 0 Å². The van der Waals surface area contributed by atoms with Gasteiger partial charge in [-0.15, -0.1) is 0 Å². The van der Waals surface area contributed by atoms with Crippen molar-refractivity contribution in [3.63, 3.8) is 0 Å². The largest absolute Gasteiger partial charge is 0.444 e. The highest BCUT2D eigenvalue weighted by molar-refractivity contribution is 6.29. The van der Waals surface area contributed by atoms with Crippen molar-refractivity contribution in [1.82, 2.24) is 14.9 Å². The topological polar surface area (TPSA) is 58.6 Å². The molecule has 7 heteroatoms. The average molecular weight is 327 g/mol. The van der Waals surface area contributed by atoms with E-state index in [2.05, 4.69) is 14.9 Å². The number of carbonyl (C=O) groups excluding carboxylic acids is 1. The molecule has 0 spiro atoms. The minimum Gasteiger partial charge on any atom is -0.444 e. The Balaban J connectivity index is 2.05. The van der Waals surface area contributed by atoms with Crippen LogP contribution in [0.5, 0.6) is 0 Å². The smallest absolute Gasteiger partial charge is 0.410 e. The molecule has 2 heterocycles. The molecule has 122 valence electrons. The van der Waals surface area contributed by atoms with Crippen molar-refractivity contribution in [1.29, 1.82) is 0 Å². The Hall–Kier alpha value is -1.56. The molecule has 0 bridgehead atoms. The van der Waals surface area contributed by atoms with Gasteiger partial charge in [-0.05, 0) is 34.6 Å². The van der Waals surface area contributed by atoms with E-state index in [0.29, 0.717) is 30.6 Å². The van der Waals surface area contributed by atoms with Gasteiger partial charge in [0.05, 0.1) is 0 Å². The fraction of sp³-hybridized carbons (Fsp3) is 0.667. The van der Waals surface area contributed by atoms with E-state index in [4.69, 9.17) is 16.3 Å². The SMILES string of the molecule is Cc1nc(Cl)cc(N2CCN(C(=O)OC(C)(C)C)[C@@H](C)C2)n1. The van der Waals surface area contributed by atoms with Crippen molar-refractivity contribution in [2.45, 2.75) is 46.3 Å². The van der Waals surface area contributed by atoms with Crippen molar-refractivity contribution >= 4 is 23.5 Å². The van der Waals surface area contributed by atoms with Crippen LogP contribution in [0.2, 0.25) is 5.15 Å². The number of carbonyl (C=O) groups is 1. The van der Waals surface area contributed by atoms with Crippen LogP contribution < -0.4 is 4.90 Å². The lowest BCUT2D eigenvalue weighted by Crippen LogP contribution is -2.55. The molecule has 0 aromatic carbocycles. The molecule has 0 aliphatic carbocycles. The zero-order chi connectivity index (χ0) is 16.5. The minimum absolute atomic E-state index is 0.0395. The number of hydrogen-bond donors (Lipinski definition) is 0. The minimum atomic E-state index is -0.481. The Morgan fingerprint density at radius 2 is 2.05 bits per heavy atom. The summed E-state index contributed by atoms with van der Waals surface area (Å²) in [6.07, 6.45) is -0.267. The molecule has 0 unspecified atom stereocenters. The van der Waals surface area contributed by atoms with Crippen LogP contribution in [0.15, 0.2) is 6.07 Å². The predicted molar refractivity (Wildman–Crippen MR) is 86.4 cm³/mol. The zero-order valence-corrected chi connectivity index (χ0v) is 14.5. The van der Waals surface area contributed by atoms with Crippen LogP contribution in [-0.2, 0) is 4.74 Å². The molecule has 22 heavy (non-hydrogen) atoms. The Labute approximate surface area is 136 Å². The van der Waals surface area contributed by atoms with Crippen LogP contribution in [0.4, 0.5) is 10.6 Å². The van der Waals surface area contributed by atoms with Gasteiger partial charge < -0.3 is 14.5 Å². The average Bonchev–Trinajstić information content (AvgIpc) is 2.35. The number of anilines is 1. The van der Waals surface area contributed by atoms with E-state index in [1.807, 2.05) is 34.6 Å². The number of aromatic nitrogens is 2. The third-order valence-electron chi connectivity index (χ3n) is 3.37. The van der Waals surface area contributed by atoms with Crippen molar-refractivity contribution in [2.75, 3.05) is 24.5 Å². The number of aryl methyl sites for hydroxylation is 1. The highest BCUT2D eigenvalue weighted by Gasteiger charge is 2.31. The lowest BCUT2D eigenvalue weighted by molar-refractivity contribution is 0.0158. The Bertz CT molecular complexity index is 539. The van der Waals surface area contributed by atoms with Gasteiger partial charge in [0.1, 0.15) is 22.4 Å². The number of rotatable bonds is 1. The summed E-state index contributed by atoms with van der Waals surface area (Å²) < 4.78 is 5.45. The number of nitrogens with zero attached hydrogens (tertiary/aromatic N) is 4. The maximum atomic E-state index is 12.2. The summed E-state index contributed by atoms with van der Waals surface area (Å²) in [5.74, 6) is 1.44. The van der Waals surface area contributed by atoms with Gasteiger partial charge >= 0.3 is 6.09 Å². The Morgan fingerprint density at radius 3 is 2.59 bits per heavy atom. The highest BCUT2D eigenvalue weighted by atomic mass is 35.5. The molecule has 1 fully saturated rings. The first-order valence-corrected chi connectivity index (χ1v) is 7.79. The first-order chi connectivity index (χ1) is 10.2. The van der Waals surface area contributed by atoms with E-state index >= 15 is 0 Å². The molecular formula is C15H23ClN4O2. The van der Waals surface area contributed by atoms with Gasteiger partial charge in [-0.25, -0.2) is 14.8 Å². The lowest BCUT2D eigenvalue weighted by atomic mass is 10.2. The van der Waals surface area contributed by atoms with Crippen molar-refractivity contribution in [3.8, 4) is 0 Å². The fourth-order valence-corrected chi connectivity index (χ4v) is 2.66. The van der Waals surface area contributed by atoms with E-state index in [0.717, 1.165) is 5.82 Å². The van der Waals surface area contributed by atoms with Gasteiger partial charge in [-0.3, -0.25) is 0 Å². The second kappa shape index (κ2) is 6.28. The molecule has 1 atom stereocenters. The van der Waals surface area contributed by atoms with Crippen LogP contribution in [0, 0.1) is 6.92 Å². The number of amides is 1. The van der Waals surface area contributed by atoms with Crippen LogP contribution in [0.1, 0.15) is 33.5 Å². The van der Waals surface area contributed by atoms with E-state index < -0.39 is 5.60 Å². The summed E-state index contributed by atoms with van der Waals surface area (Å²) in [6, 6.07) is 1.79. The summed E-state index contributed by atoms with van der Waals surface area (Å²) in [4.78, 5) is 24.6. The monoisotopic (exact) mass is 326 g/mol. The quantitative estimate of drug-likeness (QED) is 0.743. The normalized spacial score (nSPS) is 19.3. The second-order valence-electron chi connectivity index (χ2n) is 6.56. The van der Waals surface area contributed by atoms with Crippen LogP contribution >= 0.6 is 11.6 Å². The van der Waals surface area contributed by atoms with Gasteiger partial charge in [0.15, 0.2) is 0 Å². The molecule has 1 aromatic rings. The van der Waals surface area contributed by atoms with Crippen molar-refractivity contribution in [2.24, 2.45) is 0 Å². The molecule has 0 saturated carbocycles. The van der Waals surface area contributed by atoms with Gasteiger partial charge in [0, 0.05) is 31.7 Å². The van der Waals surface area contributed by atoms with E-state index in [1.54, 1.807) is 11.0 Å². The van der Waals surface area contributed by atoms with E-state index in [9.17, 15) is 4.79 Å². The molecule has 0 radical (unpaired) electrons. The van der Waals surface area contributed by atoms with Crippen LogP contribution in [-0.4, -0.2) is 52.2 Å². The maximum Gasteiger partial charge on any atom is 0.410 e. The molecule has 1 aliphatic rings. The molecule has 2 rings (SSSR count). The summed E-state index contributed by atoms with van der Waals surface area (Å²) in [6.45, 7) is 11.4. The first-order valence-electron chi connectivity index (χ1n) is 7.41. The van der Waals surface area contributed by atoms with E-state index in [-0.39, 0.29) is 12.1 Å². The summed E-state index contributed by atoms with van der Waals surface area (Å²) in [7, 11) is 0. The highest BCUT2D eigenvalue weighted by Crippen LogP contribution is 2.21. The fourth-order valence-electron chi connectivity index (χ4n) is 2.44. The Morgan fingerprint density at radius 1 is 1.36 bits per heavy atom. The zero-order valence-electron chi connectivity index (χ0n) is 13.8. The molecule has 6 nitrogen and oxygen atoms in total. The van der Waals surface area contributed by atoms with Crippen molar-refractivity contribution in [3.05, 3.63) is 17.0 Å². The Kier molecular flexibility index (Phi) is 4.80. The number of ether oxygens (including phenoxy) is 1. The second-order valence-corrected chi connectivity index (χ2v) is 6.95. The number of hydrogen-bond acceptors (Lipinski definition) is 5. The lowest BCUT2D eigenvalue weighted by Gasteiger charge is -2.40. The van der Waals surface area contributed by atoms with Crippen molar-refractivity contribution < 1.29 is 9.53 Å². The standard InChI is InChI=1S/C15H23ClN4O2/c1-10-9-19(13-8-12(16)17-11(2)18-13)6-7-20(10)14(21)22-15(3,4)5/h8,10H,6-7,9H2,1-5H3/t10-/m0/s1. The predicted octanol–water partition coefficient (Wildman–Crippen LogP) is 2.88. The first kappa shape index (κ1) is 16.8. The van der Waals surface area contributed by atoms with Crippen LogP contribution in [0.3, 0.4) is 0 Å². The maximum absolute atomic E-state index is 12.2. The van der Waals surface area contributed by atoms with Gasteiger partial charge in [-0.1, -0.05) is 11.6 Å². The third-order valence-corrected chi connectivity index (χ3v) is 3.57.